The van der Waals surface area contributed by atoms with Gasteiger partial charge in [-0.25, -0.2) is 4.39 Å². The van der Waals surface area contributed by atoms with E-state index in [9.17, 15) is 9.18 Å². The Labute approximate surface area is 170 Å². The highest BCUT2D eigenvalue weighted by Crippen LogP contribution is 2.36. The third-order valence-corrected chi connectivity index (χ3v) is 4.55. The number of hydrogen-bond acceptors (Lipinski definition) is 2. The number of methoxy groups -OCH3 is 1. The molecular formula is C21H24Cl2FNO2. The molecule has 0 saturated heterocycles. The molecule has 0 fully saturated rings. The highest BCUT2D eigenvalue weighted by atomic mass is 35.5. The first-order valence-corrected chi connectivity index (χ1v) is 9.18. The van der Waals surface area contributed by atoms with Gasteiger partial charge >= 0.3 is 0 Å². The van der Waals surface area contributed by atoms with Gasteiger partial charge in [-0.2, -0.15) is 0 Å². The quantitative estimate of drug-likeness (QED) is 0.427. The van der Waals surface area contributed by atoms with Crippen LogP contribution in [-0.2, 0) is 4.79 Å². The van der Waals surface area contributed by atoms with E-state index in [1.54, 1.807) is 45.3 Å². The van der Waals surface area contributed by atoms with Crippen molar-refractivity contribution in [1.82, 2.24) is 5.32 Å². The van der Waals surface area contributed by atoms with E-state index in [1.165, 1.54) is 12.2 Å². The van der Waals surface area contributed by atoms with Crippen LogP contribution in [0.4, 0.5) is 4.39 Å². The molecular weight excluding hydrogens is 388 g/mol. The van der Waals surface area contributed by atoms with Crippen LogP contribution in [0.1, 0.15) is 31.9 Å². The number of amides is 1. The number of rotatable bonds is 7. The maximum absolute atomic E-state index is 14.3. The van der Waals surface area contributed by atoms with Gasteiger partial charge in [0.1, 0.15) is 11.6 Å². The van der Waals surface area contributed by atoms with Crippen LogP contribution in [0.2, 0.25) is 10.0 Å². The normalized spacial score (nSPS) is 13.3. The third-order valence-electron chi connectivity index (χ3n) is 3.75. The molecule has 0 unspecified atom stereocenters. The fourth-order valence-corrected chi connectivity index (χ4v) is 2.75. The van der Waals surface area contributed by atoms with Crippen molar-refractivity contribution in [3.8, 4) is 5.75 Å². The Hall–Kier alpha value is -2.04. The van der Waals surface area contributed by atoms with E-state index in [2.05, 4.69) is 5.32 Å². The molecule has 1 N–H and O–H groups in total. The van der Waals surface area contributed by atoms with Crippen LogP contribution >= 0.6 is 23.2 Å². The molecule has 0 saturated carbocycles. The molecule has 1 aromatic rings. The van der Waals surface area contributed by atoms with Gasteiger partial charge in [0, 0.05) is 23.7 Å². The van der Waals surface area contributed by atoms with Crippen molar-refractivity contribution in [3.05, 3.63) is 68.5 Å². The van der Waals surface area contributed by atoms with Crippen LogP contribution in [-0.4, -0.2) is 19.6 Å². The van der Waals surface area contributed by atoms with E-state index in [1.807, 2.05) is 13.8 Å². The summed E-state index contributed by atoms with van der Waals surface area (Å²) in [6, 6.07) is 1.67. The van der Waals surface area contributed by atoms with Crippen molar-refractivity contribution in [2.24, 2.45) is 0 Å². The molecule has 1 amide bonds. The summed E-state index contributed by atoms with van der Waals surface area (Å²) < 4.78 is 19.5. The zero-order valence-electron chi connectivity index (χ0n) is 16.1. The second-order valence-electron chi connectivity index (χ2n) is 5.89. The lowest BCUT2D eigenvalue weighted by atomic mass is 10.1. The minimum atomic E-state index is -0.424. The summed E-state index contributed by atoms with van der Waals surface area (Å²) in [6.45, 7) is 7.56. The number of ether oxygens (including phenoxy) is 1. The van der Waals surface area contributed by atoms with Gasteiger partial charge < -0.3 is 10.1 Å². The summed E-state index contributed by atoms with van der Waals surface area (Å²) in [5.74, 6) is -0.0370. The lowest BCUT2D eigenvalue weighted by molar-refractivity contribution is -0.116. The van der Waals surface area contributed by atoms with Crippen molar-refractivity contribution >= 4 is 35.2 Å². The Morgan fingerprint density at radius 3 is 2.52 bits per heavy atom. The summed E-state index contributed by atoms with van der Waals surface area (Å²) in [7, 11) is 1.54. The number of carbonyl (C=O) groups is 1. The lowest BCUT2D eigenvalue weighted by Crippen LogP contribution is -2.20. The molecule has 27 heavy (non-hydrogen) atoms. The second-order valence-corrected chi connectivity index (χ2v) is 6.68. The molecule has 0 aromatic heterocycles. The molecule has 0 spiro atoms. The minimum absolute atomic E-state index is 0.209. The SMILES string of the molecule is CCNC(=O)/C=C(C)/C=C/C(F)=C(C)\C=C\c1c(Cl)cc(OC)c(C)c1Cl. The van der Waals surface area contributed by atoms with E-state index >= 15 is 0 Å². The number of allylic oxidation sites excluding steroid dienone is 6. The number of benzene rings is 1. The minimum Gasteiger partial charge on any atom is -0.496 e. The molecule has 0 heterocycles. The van der Waals surface area contributed by atoms with Gasteiger partial charge in [-0.15, -0.1) is 0 Å². The molecule has 3 nitrogen and oxygen atoms in total. The van der Waals surface area contributed by atoms with Gasteiger partial charge in [0.25, 0.3) is 0 Å². The topological polar surface area (TPSA) is 38.3 Å². The number of hydrogen-bond donors (Lipinski definition) is 1. The summed E-state index contributed by atoms with van der Waals surface area (Å²) in [4.78, 5) is 11.5. The zero-order valence-corrected chi connectivity index (χ0v) is 17.6. The Kier molecular flexibility index (Phi) is 9.33. The van der Waals surface area contributed by atoms with Gasteiger partial charge in [-0.1, -0.05) is 41.4 Å². The second kappa shape index (κ2) is 11.0. The maximum Gasteiger partial charge on any atom is 0.244 e. The van der Waals surface area contributed by atoms with Crippen LogP contribution in [0.15, 0.2) is 47.3 Å². The van der Waals surface area contributed by atoms with Crippen LogP contribution in [0, 0.1) is 6.92 Å². The standard InChI is InChI=1S/C21H24Cl2FNO2/c1-6-25-20(26)11-13(2)7-10-18(24)14(3)8-9-16-17(22)12-19(27-5)15(4)21(16)23/h7-12H,6H2,1-5H3,(H,25,26)/b9-8+,10-7+,13-11+,18-14+. The Balaban J connectivity index is 3.03. The first-order valence-electron chi connectivity index (χ1n) is 8.42. The number of likely N-dealkylation sites (N-methyl/N-ethyl adjacent to an activating group) is 1. The molecule has 0 bridgehead atoms. The molecule has 6 heteroatoms. The number of nitrogens with one attached hydrogen (secondary N) is 1. The Morgan fingerprint density at radius 2 is 1.93 bits per heavy atom. The van der Waals surface area contributed by atoms with Crippen molar-refractivity contribution in [1.29, 1.82) is 0 Å². The number of halogens is 3. The van der Waals surface area contributed by atoms with Crippen molar-refractivity contribution in [2.75, 3.05) is 13.7 Å². The first kappa shape index (κ1) is 23.0. The molecule has 1 aromatic carbocycles. The Bertz CT molecular complexity index is 824. The summed E-state index contributed by atoms with van der Waals surface area (Å²) in [5, 5.41) is 3.53. The molecule has 0 aliphatic heterocycles. The fraction of sp³-hybridized carbons (Fsp3) is 0.286. The average Bonchev–Trinajstić information content (AvgIpc) is 2.62. The van der Waals surface area contributed by atoms with Crippen molar-refractivity contribution < 1.29 is 13.9 Å². The fourth-order valence-electron chi connectivity index (χ4n) is 2.19. The molecule has 0 atom stereocenters. The monoisotopic (exact) mass is 411 g/mol. The maximum atomic E-state index is 14.3. The highest BCUT2D eigenvalue weighted by Gasteiger charge is 2.11. The van der Waals surface area contributed by atoms with Crippen LogP contribution < -0.4 is 10.1 Å². The smallest absolute Gasteiger partial charge is 0.244 e. The van der Waals surface area contributed by atoms with Gasteiger partial charge in [-0.3, -0.25) is 4.79 Å². The highest BCUT2D eigenvalue weighted by molar-refractivity contribution is 6.38. The van der Waals surface area contributed by atoms with Crippen molar-refractivity contribution in [2.45, 2.75) is 27.7 Å². The largest absolute Gasteiger partial charge is 0.496 e. The van der Waals surface area contributed by atoms with E-state index in [0.29, 0.717) is 39.0 Å². The third kappa shape index (κ3) is 6.89. The molecule has 0 aliphatic carbocycles. The summed E-state index contributed by atoms with van der Waals surface area (Å²) >= 11 is 12.6. The van der Waals surface area contributed by atoms with Crippen LogP contribution in [0.25, 0.3) is 6.08 Å². The molecule has 0 radical (unpaired) electrons. The predicted molar refractivity (Wildman–Crippen MR) is 112 cm³/mol. The summed E-state index contributed by atoms with van der Waals surface area (Å²) in [6.07, 6.45) is 7.53. The zero-order chi connectivity index (χ0) is 20.6. The van der Waals surface area contributed by atoms with E-state index in [4.69, 9.17) is 27.9 Å². The van der Waals surface area contributed by atoms with Crippen molar-refractivity contribution in [3.63, 3.8) is 0 Å². The van der Waals surface area contributed by atoms with Gasteiger partial charge in [-0.05, 0) is 51.0 Å². The molecule has 1 rings (SSSR count). The average molecular weight is 412 g/mol. The van der Waals surface area contributed by atoms with Gasteiger partial charge in [0.05, 0.1) is 17.2 Å². The van der Waals surface area contributed by atoms with E-state index in [0.717, 1.165) is 5.56 Å². The Morgan fingerprint density at radius 1 is 1.26 bits per heavy atom. The van der Waals surface area contributed by atoms with E-state index < -0.39 is 5.83 Å². The summed E-state index contributed by atoms with van der Waals surface area (Å²) in [5.41, 5.74) is 2.40. The predicted octanol–water partition coefficient (Wildman–Crippen LogP) is 6.21. The van der Waals surface area contributed by atoms with Gasteiger partial charge in [0.2, 0.25) is 5.91 Å². The first-order chi connectivity index (χ1) is 12.7. The number of carbonyl (C=O) groups excluding carboxylic acids is 1. The lowest BCUT2D eigenvalue weighted by Gasteiger charge is -2.10. The molecule has 146 valence electrons. The van der Waals surface area contributed by atoms with Gasteiger partial charge in [0.15, 0.2) is 0 Å². The molecule has 0 aliphatic rings. The van der Waals surface area contributed by atoms with Crippen LogP contribution in [0.5, 0.6) is 5.75 Å². The van der Waals surface area contributed by atoms with E-state index in [-0.39, 0.29) is 5.91 Å². The van der Waals surface area contributed by atoms with Crippen LogP contribution in [0.3, 0.4) is 0 Å².